The van der Waals surface area contributed by atoms with Gasteiger partial charge in [0.25, 0.3) is 0 Å². The van der Waals surface area contributed by atoms with Crippen LogP contribution in [0.2, 0.25) is 0 Å². The topological polar surface area (TPSA) is 78.4 Å². The van der Waals surface area contributed by atoms with E-state index in [4.69, 9.17) is 17.3 Å². The van der Waals surface area contributed by atoms with E-state index in [1.807, 2.05) is 24.3 Å². The molecule has 0 radical (unpaired) electrons. The van der Waals surface area contributed by atoms with Crippen LogP contribution in [0.25, 0.3) is 6.08 Å². The first-order chi connectivity index (χ1) is 12.3. The smallest absolute Gasteiger partial charge is 0.335 e. The van der Waals surface area contributed by atoms with E-state index in [0.29, 0.717) is 11.6 Å². The summed E-state index contributed by atoms with van der Waals surface area (Å²) < 4.78 is 0. The summed E-state index contributed by atoms with van der Waals surface area (Å²) in [5, 5.41) is 14.4. The number of carbonyl (C=O) groups is 2. The van der Waals surface area contributed by atoms with Gasteiger partial charge in [0, 0.05) is 11.8 Å². The number of hydrogen-bond donors (Lipinski definition) is 3. The maximum absolute atomic E-state index is 11.9. The molecule has 0 aromatic heterocycles. The lowest BCUT2D eigenvalue weighted by Gasteiger charge is -2.08. The van der Waals surface area contributed by atoms with Crippen LogP contribution in [0.3, 0.4) is 0 Å². The van der Waals surface area contributed by atoms with Crippen LogP contribution in [0, 0.1) is 0 Å². The molecule has 0 fully saturated rings. The van der Waals surface area contributed by atoms with Gasteiger partial charge in [0.05, 0.1) is 5.56 Å². The molecule has 0 spiro atoms. The molecule has 0 saturated carbocycles. The van der Waals surface area contributed by atoms with Crippen molar-refractivity contribution in [3.8, 4) is 0 Å². The molecule has 0 atom stereocenters. The molecule has 0 aliphatic carbocycles. The average Bonchev–Trinajstić information content (AvgIpc) is 2.60. The quantitative estimate of drug-likeness (QED) is 0.548. The number of benzene rings is 2. The molecule has 3 N–H and O–H groups in total. The fourth-order valence-corrected chi connectivity index (χ4v) is 2.39. The lowest BCUT2D eigenvalue weighted by molar-refractivity contribution is -0.115. The first kappa shape index (κ1) is 19.3. The minimum absolute atomic E-state index is 0.137. The molecule has 5 nitrogen and oxygen atoms in total. The van der Waals surface area contributed by atoms with Crippen molar-refractivity contribution in [2.75, 3.05) is 5.32 Å². The minimum atomic E-state index is -1.00. The SMILES string of the molecule is CC(C)c1ccc(/C=C/C(=O)NC(=S)Nc2ccc(C(=O)O)cc2)cc1. The van der Waals surface area contributed by atoms with Crippen LogP contribution in [0.15, 0.2) is 54.6 Å². The van der Waals surface area contributed by atoms with Crippen LogP contribution in [0.4, 0.5) is 5.69 Å². The van der Waals surface area contributed by atoms with Gasteiger partial charge >= 0.3 is 5.97 Å². The van der Waals surface area contributed by atoms with E-state index in [1.165, 1.54) is 23.8 Å². The Bertz CT molecular complexity index is 825. The average molecular weight is 368 g/mol. The number of carboxylic acid groups (broad SMARTS) is 1. The van der Waals surface area contributed by atoms with Crippen molar-refractivity contribution in [2.45, 2.75) is 19.8 Å². The van der Waals surface area contributed by atoms with Gasteiger partial charge in [0.2, 0.25) is 5.91 Å². The third-order valence-electron chi connectivity index (χ3n) is 3.66. The lowest BCUT2D eigenvalue weighted by atomic mass is 10.0. The summed E-state index contributed by atoms with van der Waals surface area (Å²) in [7, 11) is 0. The number of thiocarbonyl (C=S) groups is 1. The molecule has 2 rings (SSSR count). The number of amides is 1. The van der Waals surface area contributed by atoms with Gasteiger partial charge in [-0.2, -0.15) is 0 Å². The van der Waals surface area contributed by atoms with Crippen molar-refractivity contribution in [1.29, 1.82) is 0 Å². The van der Waals surface area contributed by atoms with E-state index in [-0.39, 0.29) is 16.6 Å². The molecular formula is C20H20N2O3S. The summed E-state index contributed by atoms with van der Waals surface area (Å²) in [6.07, 6.45) is 3.12. The highest BCUT2D eigenvalue weighted by molar-refractivity contribution is 7.80. The molecule has 0 aliphatic rings. The van der Waals surface area contributed by atoms with Crippen LogP contribution in [-0.4, -0.2) is 22.1 Å². The zero-order valence-electron chi connectivity index (χ0n) is 14.5. The van der Waals surface area contributed by atoms with Gasteiger partial charge in [-0.3, -0.25) is 10.1 Å². The Kier molecular flexibility index (Phi) is 6.63. The van der Waals surface area contributed by atoms with Gasteiger partial charge in [-0.1, -0.05) is 38.1 Å². The Morgan fingerprint density at radius 3 is 2.19 bits per heavy atom. The number of anilines is 1. The Morgan fingerprint density at radius 1 is 1.04 bits per heavy atom. The molecule has 0 heterocycles. The molecule has 6 heteroatoms. The van der Waals surface area contributed by atoms with Crippen molar-refractivity contribution in [1.82, 2.24) is 5.32 Å². The summed E-state index contributed by atoms with van der Waals surface area (Å²) >= 11 is 5.08. The molecular weight excluding hydrogens is 348 g/mol. The molecule has 0 bridgehead atoms. The fraction of sp³-hybridized carbons (Fsp3) is 0.150. The summed E-state index contributed by atoms with van der Waals surface area (Å²) in [6.45, 7) is 4.25. The minimum Gasteiger partial charge on any atom is -0.478 e. The molecule has 1 amide bonds. The normalized spacial score (nSPS) is 10.7. The highest BCUT2D eigenvalue weighted by Gasteiger charge is 2.04. The second-order valence-corrected chi connectivity index (χ2v) is 6.39. The van der Waals surface area contributed by atoms with Crippen LogP contribution >= 0.6 is 12.2 Å². The van der Waals surface area contributed by atoms with E-state index in [0.717, 1.165) is 5.56 Å². The molecule has 0 aliphatic heterocycles. The zero-order chi connectivity index (χ0) is 19.1. The monoisotopic (exact) mass is 368 g/mol. The maximum Gasteiger partial charge on any atom is 0.335 e. The van der Waals surface area contributed by atoms with Crippen molar-refractivity contribution in [2.24, 2.45) is 0 Å². The number of rotatable bonds is 5. The first-order valence-electron chi connectivity index (χ1n) is 8.08. The third-order valence-corrected chi connectivity index (χ3v) is 3.86. The molecule has 26 heavy (non-hydrogen) atoms. The van der Waals surface area contributed by atoms with E-state index in [2.05, 4.69) is 24.5 Å². The highest BCUT2D eigenvalue weighted by atomic mass is 32.1. The van der Waals surface area contributed by atoms with E-state index >= 15 is 0 Å². The number of nitrogens with one attached hydrogen (secondary N) is 2. The Balaban J connectivity index is 1.88. The number of aromatic carboxylic acids is 1. The zero-order valence-corrected chi connectivity index (χ0v) is 15.3. The van der Waals surface area contributed by atoms with Crippen LogP contribution < -0.4 is 10.6 Å². The van der Waals surface area contributed by atoms with Crippen molar-refractivity contribution >= 4 is 41.0 Å². The summed E-state index contributed by atoms with van der Waals surface area (Å²) in [6, 6.07) is 14.1. The van der Waals surface area contributed by atoms with Gasteiger partial charge in [-0.05, 0) is 59.6 Å². The fourth-order valence-electron chi connectivity index (χ4n) is 2.18. The Hall–Kier alpha value is -2.99. The predicted molar refractivity (Wildman–Crippen MR) is 107 cm³/mol. The van der Waals surface area contributed by atoms with Crippen molar-refractivity contribution in [3.05, 3.63) is 71.3 Å². The van der Waals surface area contributed by atoms with Gasteiger partial charge in [-0.25, -0.2) is 4.79 Å². The summed E-state index contributed by atoms with van der Waals surface area (Å²) in [5.74, 6) is -0.888. The number of carboxylic acids is 1. The second-order valence-electron chi connectivity index (χ2n) is 5.98. The second kappa shape index (κ2) is 8.92. The van der Waals surface area contributed by atoms with Crippen LogP contribution in [0.5, 0.6) is 0 Å². The van der Waals surface area contributed by atoms with E-state index < -0.39 is 5.97 Å². The van der Waals surface area contributed by atoms with Gasteiger partial charge in [0.15, 0.2) is 5.11 Å². The summed E-state index contributed by atoms with van der Waals surface area (Å²) in [5.41, 5.74) is 2.93. The number of hydrogen-bond acceptors (Lipinski definition) is 3. The lowest BCUT2D eigenvalue weighted by Crippen LogP contribution is -2.32. The van der Waals surface area contributed by atoms with Crippen LogP contribution in [-0.2, 0) is 4.79 Å². The Labute approximate surface area is 157 Å². The number of carbonyl (C=O) groups excluding carboxylic acids is 1. The summed E-state index contributed by atoms with van der Waals surface area (Å²) in [4.78, 5) is 22.7. The van der Waals surface area contributed by atoms with E-state index in [9.17, 15) is 9.59 Å². The van der Waals surface area contributed by atoms with Crippen molar-refractivity contribution < 1.29 is 14.7 Å². The third kappa shape index (κ3) is 5.82. The van der Waals surface area contributed by atoms with Gasteiger partial charge in [0.1, 0.15) is 0 Å². The Morgan fingerprint density at radius 2 is 1.65 bits per heavy atom. The highest BCUT2D eigenvalue weighted by Crippen LogP contribution is 2.15. The molecule has 134 valence electrons. The van der Waals surface area contributed by atoms with Crippen molar-refractivity contribution in [3.63, 3.8) is 0 Å². The van der Waals surface area contributed by atoms with Crippen LogP contribution in [0.1, 0.15) is 41.3 Å². The largest absolute Gasteiger partial charge is 0.478 e. The van der Waals surface area contributed by atoms with Gasteiger partial charge < -0.3 is 10.4 Å². The van der Waals surface area contributed by atoms with E-state index in [1.54, 1.807) is 18.2 Å². The first-order valence-corrected chi connectivity index (χ1v) is 8.49. The predicted octanol–water partition coefficient (Wildman–Crippen LogP) is 4.03. The molecule has 2 aromatic rings. The molecule has 0 unspecified atom stereocenters. The molecule has 0 saturated heterocycles. The maximum atomic E-state index is 11.9. The molecule has 2 aromatic carbocycles. The standard InChI is InChI=1S/C20H20N2O3S/c1-13(2)15-6-3-14(4-7-15)5-12-18(23)22-20(26)21-17-10-8-16(9-11-17)19(24)25/h3-13H,1-2H3,(H,24,25)(H2,21,22,23,26)/b12-5+. The van der Waals surface area contributed by atoms with Gasteiger partial charge in [-0.15, -0.1) is 0 Å².